The molecule has 0 saturated heterocycles. The molecule has 0 aliphatic heterocycles. The zero-order valence-electron chi connectivity index (χ0n) is 8.00. The number of hydrogen-bond acceptors (Lipinski definition) is 3. The third-order valence-corrected chi connectivity index (χ3v) is 4.25. The van der Waals surface area contributed by atoms with Crippen molar-refractivity contribution in [3.63, 3.8) is 0 Å². The maximum atomic E-state index is 5.89. The summed E-state index contributed by atoms with van der Waals surface area (Å²) in [6.45, 7) is 0.425. The number of imidazole rings is 1. The van der Waals surface area contributed by atoms with E-state index >= 15 is 0 Å². The van der Waals surface area contributed by atoms with Gasteiger partial charge in [0.2, 0.25) is 0 Å². The fraction of sp³-hybridized carbons (Fsp3) is 0.222. The predicted octanol–water partition coefficient (Wildman–Crippen LogP) is 3.02. The van der Waals surface area contributed by atoms with Crippen molar-refractivity contribution in [2.75, 3.05) is 0 Å². The maximum absolute atomic E-state index is 5.89. The first-order valence-corrected chi connectivity index (χ1v) is 6.29. The fourth-order valence-corrected chi connectivity index (χ4v) is 2.97. The standard InChI is InChI=1S/C9H9BrClN3S/c1-14-7(4-12)13-8(9(14)10)5-2-3-6(11)15-5/h2-3H,4,12H2,1H3. The molecule has 0 aliphatic carbocycles. The summed E-state index contributed by atoms with van der Waals surface area (Å²) in [5, 5.41) is 0. The molecule has 15 heavy (non-hydrogen) atoms. The van der Waals surface area contributed by atoms with Gasteiger partial charge in [-0.3, -0.25) is 0 Å². The molecule has 2 aromatic heterocycles. The molecule has 0 bridgehead atoms. The topological polar surface area (TPSA) is 43.8 Å². The van der Waals surface area contributed by atoms with E-state index in [0.717, 1.165) is 25.3 Å². The monoisotopic (exact) mass is 305 g/mol. The van der Waals surface area contributed by atoms with Gasteiger partial charge in [-0.2, -0.15) is 0 Å². The van der Waals surface area contributed by atoms with Gasteiger partial charge in [-0.25, -0.2) is 4.98 Å². The molecule has 2 N–H and O–H groups in total. The summed E-state index contributed by atoms with van der Waals surface area (Å²) < 4.78 is 3.63. The normalized spacial score (nSPS) is 10.9. The van der Waals surface area contributed by atoms with E-state index in [-0.39, 0.29) is 0 Å². The Labute approximate surface area is 105 Å². The van der Waals surface area contributed by atoms with E-state index in [4.69, 9.17) is 17.3 Å². The fourth-order valence-electron chi connectivity index (χ4n) is 1.30. The molecule has 6 heteroatoms. The van der Waals surface area contributed by atoms with Gasteiger partial charge in [0.05, 0.1) is 15.8 Å². The summed E-state index contributed by atoms with van der Waals surface area (Å²) in [5.74, 6) is 0.849. The molecule has 0 aliphatic rings. The first-order valence-electron chi connectivity index (χ1n) is 4.30. The lowest BCUT2D eigenvalue weighted by molar-refractivity contribution is 0.781. The molecule has 2 aromatic rings. The van der Waals surface area contributed by atoms with Crippen molar-refractivity contribution >= 4 is 38.9 Å². The van der Waals surface area contributed by atoms with Crippen LogP contribution < -0.4 is 5.73 Å². The van der Waals surface area contributed by atoms with Crippen LogP contribution in [0.4, 0.5) is 0 Å². The molecule has 2 heterocycles. The van der Waals surface area contributed by atoms with Crippen LogP contribution in [0, 0.1) is 0 Å². The number of aromatic nitrogens is 2. The van der Waals surface area contributed by atoms with E-state index in [9.17, 15) is 0 Å². The van der Waals surface area contributed by atoms with Crippen molar-refractivity contribution in [2.24, 2.45) is 12.8 Å². The van der Waals surface area contributed by atoms with Crippen molar-refractivity contribution in [1.29, 1.82) is 0 Å². The van der Waals surface area contributed by atoms with Crippen molar-refractivity contribution in [1.82, 2.24) is 9.55 Å². The number of hydrogen-bond donors (Lipinski definition) is 1. The molecule has 0 unspecified atom stereocenters. The summed E-state index contributed by atoms with van der Waals surface area (Å²) in [5.41, 5.74) is 6.49. The van der Waals surface area contributed by atoms with E-state index in [0.29, 0.717) is 6.54 Å². The minimum atomic E-state index is 0.425. The third-order valence-electron chi connectivity index (χ3n) is 2.11. The molecular formula is C9H9BrClN3S. The quantitative estimate of drug-likeness (QED) is 0.927. The summed E-state index contributed by atoms with van der Waals surface area (Å²) in [7, 11) is 1.93. The number of thiophene rings is 1. The van der Waals surface area contributed by atoms with Gasteiger partial charge in [0.1, 0.15) is 16.1 Å². The van der Waals surface area contributed by atoms with E-state index in [1.54, 1.807) is 0 Å². The Bertz CT molecular complexity index is 492. The maximum Gasteiger partial charge on any atom is 0.123 e. The van der Waals surface area contributed by atoms with E-state index in [1.807, 2.05) is 23.7 Å². The molecule has 0 fully saturated rings. The summed E-state index contributed by atoms with van der Waals surface area (Å²) >= 11 is 10.9. The van der Waals surface area contributed by atoms with Crippen LogP contribution in [-0.4, -0.2) is 9.55 Å². The molecule has 2 rings (SSSR count). The van der Waals surface area contributed by atoms with Gasteiger partial charge in [-0.05, 0) is 28.1 Å². The molecule has 3 nitrogen and oxygen atoms in total. The zero-order chi connectivity index (χ0) is 11.0. The van der Waals surface area contributed by atoms with Crippen LogP contribution in [0.5, 0.6) is 0 Å². The molecule has 0 atom stereocenters. The van der Waals surface area contributed by atoms with Crippen LogP contribution in [0.1, 0.15) is 5.82 Å². The molecular weight excluding hydrogens is 298 g/mol. The number of nitrogens with two attached hydrogens (primary N) is 1. The van der Waals surface area contributed by atoms with Crippen molar-refractivity contribution in [3.05, 3.63) is 26.9 Å². The van der Waals surface area contributed by atoms with Gasteiger partial charge in [-0.1, -0.05) is 11.6 Å². The number of rotatable bonds is 2. The van der Waals surface area contributed by atoms with Crippen molar-refractivity contribution in [2.45, 2.75) is 6.54 Å². The van der Waals surface area contributed by atoms with Gasteiger partial charge in [0, 0.05) is 7.05 Å². The van der Waals surface area contributed by atoms with Gasteiger partial charge in [0.25, 0.3) is 0 Å². The Hall–Kier alpha value is -0.360. The van der Waals surface area contributed by atoms with Crippen molar-refractivity contribution < 1.29 is 0 Å². The second-order valence-corrected chi connectivity index (χ2v) is 5.50. The Morgan fingerprint density at radius 1 is 1.60 bits per heavy atom. The largest absolute Gasteiger partial charge is 0.324 e. The van der Waals surface area contributed by atoms with Gasteiger partial charge >= 0.3 is 0 Å². The second-order valence-electron chi connectivity index (χ2n) is 3.03. The van der Waals surface area contributed by atoms with Crippen LogP contribution in [0.25, 0.3) is 10.6 Å². The van der Waals surface area contributed by atoms with E-state index < -0.39 is 0 Å². The smallest absolute Gasteiger partial charge is 0.123 e. The second kappa shape index (κ2) is 4.25. The summed E-state index contributed by atoms with van der Waals surface area (Å²) in [6.07, 6.45) is 0. The van der Waals surface area contributed by atoms with Crippen LogP contribution in [-0.2, 0) is 13.6 Å². The Balaban J connectivity index is 2.53. The highest BCUT2D eigenvalue weighted by atomic mass is 79.9. The van der Waals surface area contributed by atoms with Crippen LogP contribution in [0.3, 0.4) is 0 Å². The average molecular weight is 307 g/mol. The molecule has 0 saturated carbocycles. The van der Waals surface area contributed by atoms with Crippen LogP contribution in [0.2, 0.25) is 4.34 Å². The highest BCUT2D eigenvalue weighted by Crippen LogP contribution is 2.34. The van der Waals surface area contributed by atoms with Crippen LogP contribution >= 0.6 is 38.9 Å². The highest BCUT2D eigenvalue weighted by Gasteiger charge is 2.14. The molecule has 0 radical (unpaired) electrons. The van der Waals surface area contributed by atoms with E-state index in [2.05, 4.69) is 20.9 Å². The Kier molecular flexibility index (Phi) is 3.16. The van der Waals surface area contributed by atoms with Crippen molar-refractivity contribution in [3.8, 4) is 10.6 Å². The Morgan fingerprint density at radius 2 is 2.33 bits per heavy atom. The van der Waals surface area contributed by atoms with Gasteiger partial charge < -0.3 is 10.3 Å². The third kappa shape index (κ3) is 1.97. The molecule has 0 amide bonds. The first kappa shape index (κ1) is 11.1. The number of nitrogens with zero attached hydrogens (tertiary/aromatic N) is 2. The molecule has 0 spiro atoms. The number of halogens is 2. The first-order chi connectivity index (χ1) is 7.13. The lowest BCUT2D eigenvalue weighted by Gasteiger charge is -1.97. The van der Waals surface area contributed by atoms with Crippen LogP contribution in [0.15, 0.2) is 16.7 Å². The SMILES string of the molecule is Cn1c(CN)nc(-c2ccc(Cl)s2)c1Br. The minimum Gasteiger partial charge on any atom is -0.324 e. The lowest BCUT2D eigenvalue weighted by Crippen LogP contribution is -2.04. The summed E-state index contributed by atoms with van der Waals surface area (Å²) in [6, 6.07) is 3.82. The minimum absolute atomic E-state index is 0.425. The average Bonchev–Trinajstić information content (AvgIpc) is 2.74. The molecule has 80 valence electrons. The van der Waals surface area contributed by atoms with Gasteiger partial charge in [0.15, 0.2) is 0 Å². The zero-order valence-corrected chi connectivity index (χ0v) is 11.2. The lowest BCUT2D eigenvalue weighted by atomic mass is 10.4. The van der Waals surface area contributed by atoms with E-state index in [1.165, 1.54) is 11.3 Å². The Morgan fingerprint density at radius 3 is 2.80 bits per heavy atom. The van der Waals surface area contributed by atoms with Gasteiger partial charge in [-0.15, -0.1) is 11.3 Å². The summed E-state index contributed by atoms with van der Waals surface area (Å²) in [4.78, 5) is 5.50. The highest BCUT2D eigenvalue weighted by molar-refractivity contribution is 9.10. The predicted molar refractivity (Wildman–Crippen MR) is 67.1 cm³/mol. The molecule has 0 aromatic carbocycles.